The molecule has 0 fully saturated rings. The van der Waals surface area contributed by atoms with Gasteiger partial charge in [0.15, 0.2) is 0 Å². The second-order valence-electron chi connectivity index (χ2n) is 4.23. The molecule has 0 aliphatic carbocycles. The van der Waals surface area contributed by atoms with Crippen LogP contribution < -0.4 is 14.2 Å². The van der Waals surface area contributed by atoms with Gasteiger partial charge in [0.2, 0.25) is 0 Å². The fourth-order valence-electron chi connectivity index (χ4n) is 1.72. The van der Waals surface area contributed by atoms with Gasteiger partial charge in [-0.25, -0.2) is 0 Å². The van der Waals surface area contributed by atoms with Gasteiger partial charge < -0.3 is 14.2 Å². The highest BCUT2D eigenvalue weighted by Crippen LogP contribution is 2.34. The van der Waals surface area contributed by atoms with Gasteiger partial charge in [0.05, 0.1) is 39.0 Å². The number of rotatable bonds is 6. The highest BCUT2D eigenvalue weighted by atomic mass is 16.5. The summed E-state index contributed by atoms with van der Waals surface area (Å²) in [4.78, 5) is 1.92. The maximum Gasteiger partial charge on any atom is 0.130 e. The molecule has 0 N–H and O–H groups in total. The standard InChI is InChI=1S/C14H20N2O3/c1-10(8-15)16(2)9-12-13(18-4)6-11(17-3)7-14(12)19-5/h6-7,10H,9H2,1-5H3. The van der Waals surface area contributed by atoms with E-state index in [0.29, 0.717) is 23.8 Å². The van der Waals surface area contributed by atoms with Crippen LogP contribution in [-0.4, -0.2) is 39.3 Å². The molecule has 0 aliphatic heterocycles. The summed E-state index contributed by atoms with van der Waals surface area (Å²) in [6.07, 6.45) is 0. The summed E-state index contributed by atoms with van der Waals surface area (Å²) < 4.78 is 16.0. The monoisotopic (exact) mass is 264 g/mol. The second-order valence-corrected chi connectivity index (χ2v) is 4.23. The number of methoxy groups -OCH3 is 3. The molecule has 0 saturated heterocycles. The molecular weight excluding hydrogens is 244 g/mol. The van der Waals surface area contributed by atoms with E-state index in [4.69, 9.17) is 19.5 Å². The molecule has 0 saturated carbocycles. The highest BCUT2D eigenvalue weighted by molar-refractivity contribution is 5.50. The largest absolute Gasteiger partial charge is 0.496 e. The van der Waals surface area contributed by atoms with Crippen molar-refractivity contribution in [1.82, 2.24) is 4.90 Å². The molecule has 0 bridgehead atoms. The summed E-state index contributed by atoms with van der Waals surface area (Å²) in [6, 6.07) is 5.63. The Bertz CT molecular complexity index is 443. The van der Waals surface area contributed by atoms with E-state index in [1.165, 1.54) is 0 Å². The van der Waals surface area contributed by atoms with Gasteiger partial charge in [-0.2, -0.15) is 5.26 Å². The summed E-state index contributed by atoms with van der Waals surface area (Å²) in [5, 5.41) is 8.94. The molecule has 1 aromatic rings. The molecule has 5 heteroatoms. The number of benzene rings is 1. The van der Waals surface area contributed by atoms with E-state index >= 15 is 0 Å². The Balaban J connectivity index is 3.14. The van der Waals surface area contributed by atoms with Gasteiger partial charge in [0, 0.05) is 18.7 Å². The Morgan fingerprint density at radius 3 is 2.05 bits per heavy atom. The van der Waals surface area contributed by atoms with Crippen LogP contribution in [0.2, 0.25) is 0 Å². The Morgan fingerprint density at radius 1 is 1.16 bits per heavy atom. The van der Waals surface area contributed by atoms with Crippen molar-refractivity contribution in [3.63, 3.8) is 0 Å². The minimum absolute atomic E-state index is 0.184. The first kappa shape index (κ1) is 15.1. The van der Waals surface area contributed by atoms with E-state index in [1.54, 1.807) is 21.3 Å². The van der Waals surface area contributed by atoms with Crippen molar-refractivity contribution in [2.45, 2.75) is 19.5 Å². The summed E-state index contributed by atoms with van der Waals surface area (Å²) in [6.45, 7) is 2.41. The van der Waals surface area contributed by atoms with Gasteiger partial charge in [-0.05, 0) is 14.0 Å². The van der Waals surface area contributed by atoms with E-state index in [1.807, 2.05) is 31.0 Å². The average molecular weight is 264 g/mol. The van der Waals surface area contributed by atoms with Crippen molar-refractivity contribution in [1.29, 1.82) is 5.26 Å². The maximum absolute atomic E-state index is 8.94. The van der Waals surface area contributed by atoms with E-state index in [-0.39, 0.29) is 6.04 Å². The van der Waals surface area contributed by atoms with Gasteiger partial charge in [0.25, 0.3) is 0 Å². The van der Waals surface area contributed by atoms with Crippen LogP contribution in [0.5, 0.6) is 17.2 Å². The lowest BCUT2D eigenvalue weighted by atomic mass is 10.1. The molecule has 0 aromatic heterocycles. The summed E-state index contributed by atoms with van der Waals surface area (Å²) in [5.74, 6) is 2.05. The van der Waals surface area contributed by atoms with Crippen molar-refractivity contribution in [2.75, 3.05) is 28.4 Å². The Kier molecular flexibility index (Phi) is 5.46. The Morgan fingerprint density at radius 2 is 1.68 bits per heavy atom. The smallest absolute Gasteiger partial charge is 0.130 e. The number of hydrogen-bond donors (Lipinski definition) is 0. The van der Waals surface area contributed by atoms with Gasteiger partial charge in [0.1, 0.15) is 17.2 Å². The predicted molar refractivity (Wildman–Crippen MR) is 72.6 cm³/mol. The normalized spacial score (nSPS) is 11.8. The number of nitriles is 1. The van der Waals surface area contributed by atoms with Crippen LogP contribution in [-0.2, 0) is 6.54 Å². The van der Waals surface area contributed by atoms with Crippen LogP contribution in [0.15, 0.2) is 12.1 Å². The zero-order valence-electron chi connectivity index (χ0n) is 12.1. The first-order chi connectivity index (χ1) is 9.07. The molecule has 1 rings (SSSR count). The maximum atomic E-state index is 8.94. The average Bonchev–Trinajstić information content (AvgIpc) is 2.45. The first-order valence-corrected chi connectivity index (χ1v) is 5.96. The third-order valence-corrected chi connectivity index (χ3v) is 3.07. The predicted octanol–water partition coefficient (Wildman–Crippen LogP) is 2.06. The van der Waals surface area contributed by atoms with Crippen molar-refractivity contribution in [3.8, 4) is 23.3 Å². The van der Waals surface area contributed by atoms with E-state index < -0.39 is 0 Å². The van der Waals surface area contributed by atoms with Crippen LogP contribution in [0.3, 0.4) is 0 Å². The lowest BCUT2D eigenvalue weighted by Crippen LogP contribution is -2.27. The number of nitrogens with zero attached hydrogens (tertiary/aromatic N) is 2. The molecule has 0 aliphatic rings. The molecule has 1 unspecified atom stereocenters. The second kappa shape index (κ2) is 6.86. The molecule has 0 amide bonds. The Labute approximate surface area is 114 Å². The van der Waals surface area contributed by atoms with Crippen LogP contribution in [0.25, 0.3) is 0 Å². The summed E-state index contributed by atoms with van der Waals surface area (Å²) >= 11 is 0. The summed E-state index contributed by atoms with van der Waals surface area (Å²) in [5.41, 5.74) is 0.899. The molecule has 5 nitrogen and oxygen atoms in total. The number of ether oxygens (including phenoxy) is 3. The van der Waals surface area contributed by atoms with Crippen LogP contribution in [0.1, 0.15) is 12.5 Å². The van der Waals surface area contributed by atoms with Gasteiger partial charge in [-0.3, -0.25) is 4.90 Å². The third-order valence-electron chi connectivity index (χ3n) is 3.07. The molecule has 0 heterocycles. The molecule has 0 radical (unpaired) electrons. The fourth-order valence-corrected chi connectivity index (χ4v) is 1.72. The minimum atomic E-state index is -0.184. The van der Waals surface area contributed by atoms with E-state index in [0.717, 1.165) is 5.56 Å². The molecule has 104 valence electrons. The van der Waals surface area contributed by atoms with Crippen molar-refractivity contribution < 1.29 is 14.2 Å². The lowest BCUT2D eigenvalue weighted by Gasteiger charge is -2.22. The van der Waals surface area contributed by atoms with Crippen LogP contribution in [0.4, 0.5) is 0 Å². The van der Waals surface area contributed by atoms with E-state index in [9.17, 15) is 0 Å². The number of hydrogen-bond acceptors (Lipinski definition) is 5. The Hall–Kier alpha value is -1.93. The lowest BCUT2D eigenvalue weighted by molar-refractivity contribution is 0.279. The van der Waals surface area contributed by atoms with Crippen molar-refractivity contribution >= 4 is 0 Å². The molecular formula is C14H20N2O3. The first-order valence-electron chi connectivity index (χ1n) is 5.96. The van der Waals surface area contributed by atoms with Crippen LogP contribution >= 0.6 is 0 Å². The highest BCUT2D eigenvalue weighted by Gasteiger charge is 2.17. The SMILES string of the molecule is COc1cc(OC)c(CN(C)C(C)C#N)c(OC)c1. The molecule has 0 spiro atoms. The quantitative estimate of drug-likeness (QED) is 0.787. The molecule has 1 aromatic carbocycles. The fraction of sp³-hybridized carbons (Fsp3) is 0.500. The summed E-state index contributed by atoms with van der Waals surface area (Å²) in [7, 11) is 6.69. The van der Waals surface area contributed by atoms with Crippen LogP contribution in [0, 0.1) is 11.3 Å². The van der Waals surface area contributed by atoms with Crippen molar-refractivity contribution in [2.24, 2.45) is 0 Å². The van der Waals surface area contributed by atoms with Crippen molar-refractivity contribution in [3.05, 3.63) is 17.7 Å². The zero-order chi connectivity index (χ0) is 14.4. The van der Waals surface area contributed by atoms with Gasteiger partial charge in [-0.1, -0.05) is 0 Å². The van der Waals surface area contributed by atoms with Gasteiger partial charge in [-0.15, -0.1) is 0 Å². The molecule has 1 atom stereocenters. The zero-order valence-corrected chi connectivity index (χ0v) is 12.1. The minimum Gasteiger partial charge on any atom is -0.496 e. The van der Waals surface area contributed by atoms with E-state index in [2.05, 4.69) is 6.07 Å². The molecule has 19 heavy (non-hydrogen) atoms. The topological polar surface area (TPSA) is 54.7 Å². The third kappa shape index (κ3) is 3.52. The van der Waals surface area contributed by atoms with Gasteiger partial charge >= 0.3 is 0 Å².